The summed E-state index contributed by atoms with van der Waals surface area (Å²) in [6, 6.07) is 13.0. The maximum atomic E-state index is 13.1. The van der Waals surface area contributed by atoms with Crippen LogP contribution in [0.4, 0.5) is 4.39 Å². The van der Waals surface area contributed by atoms with Gasteiger partial charge in [0.15, 0.2) is 0 Å². The van der Waals surface area contributed by atoms with Gasteiger partial charge < -0.3 is 10.1 Å². The zero-order chi connectivity index (χ0) is 14.7. The average Bonchev–Trinajstić information content (AvgIpc) is 2.51. The largest absolute Gasteiger partial charge is 0.493 e. The molecule has 0 aromatic heterocycles. The second-order valence-electron chi connectivity index (χ2n) is 5.25. The third-order valence-corrected chi connectivity index (χ3v) is 4.08. The highest BCUT2D eigenvalue weighted by Crippen LogP contribution is 2.32. The van der Waals surface area contributed by atoms with E-state index in [1.807, 2.05) is 18.2 Å². The van der Waals surface area contributed by atoms with E-state index < -0.39 is 0 Å². The van der Waals surface area contributed by atoms with E-state index in [0.717, 1.165) is 30.9 Å². The minimum absolute atomic E-state index is 0.172. The number of hydrogen-bond acceptors (Lipinski definition) is 2. The molecule has 0 amide bonds. The van der Waals surface area contributed by atoms with E-state index in [2.05, 4.69) is 11.4 Å². The molecule has 2 aromatic rings. The molecule has 1 aliphatic heterocycles. The molecule has 2 nitrogen and oxygen atoms in total. The smallest absolute Gasteiger partial charge is 0.141 e. The summed E-state index contributed by atoms with van der Waals surface area (Å²) < 4.78 is 18.8. The Balaban J connectivity index is 1.60. The molecule has 4 heteroatoms. The third-order valence-electron chi connectivity index (χ3n) is 3.79. The minimum atomic E-state index is -0.376. The predicted octanol–water partition coefficient (Wildman–Crippen LogP) is 4.14. The fourth-order valence-electron chi connectivity index (χ4n) is 2.67. The summed E-state index contributed by atoms with van der Waals surface area (Å²) in [5.74, 6) is 1.06. The normalized spacial score (nSPS) is 17.1. The maximum Gasteiger partial charge on any atom is 0.141 e. The minimum Gasteiger partial charge on any atom is -0.493 e. The molecule has 1 N–H and O–H groups in total. The molecule has 1 unspecified atom stereocenters. The van der Waals surface area contributed by atoms with Crippen LogP contribution in [-0.4, -0.2) is 13.2 Å². The van der Waals surface area contributed by atoms with Crippen molar-refractivity contribution in [1.29, 1.82) is 0 Å². The van der Waals surface area contributed by atoms with Gasteiger partial charge in [0.25, 0.3) is 0 Å². The Morgan fingerprint density at radius 1 is 1.24 bits per heavy atom. The molecule has 21 heavy (non-hydrogen) atoms. The van der Waals surface area contributed by atoms with Crippen molar-refractivity contribution >= 4 is 11.6 Å². The Bertz CT molecular complexity index is 632. The molecule has 3 rings (SSSR count). The van der Waals surface area contributed by atoms with Crippen LogP contribution in [0.1, 0.15) is 23.5 Å². The summed E-state index contributed by atoms with van der Waals surface area (Å²) in [7, 11) is 0. The van der Waals surface area contributed by atoms with Gasteiger partial charge in [0.2, 0.25) is 0 Å². The fourth-order valence-corrected chi connectivity index (χ4v) is 2.87. The molecule has 0 saturated carbocycles. The van der Waals surface area contributed by atoms with Crippen molar-refractivity contribution in [1.82, 2.24) is 5.32 Å². The van der Waals surface area contributed by atoms with Crippen molar-refractivity contribution in [3.63, 3.8) is 0 Å². The van der Waals surface area contributed by atoms with E-state index in [1.165, 1.54) is 11.6 Å². The number of hydrogen-bond donors (Lipinski definition) is 1. The van der Waals surface area contributed by atoms with Crippen molar-refractivity contribution in [2.45, 2.75) is 18.9 Å². The SMILES string of the molecule is Fc1ccc(CNCC2CCOc3ccccc32)cc1Cl. The van der Waals surface area contributed by atoms with Crippen LogP contribution in [0.2, 0.25) is 5.02 Å². The summed E-state index contributed by atoms with van der Waals surface area (Å²) in [4.78, 5) is 0. The molecule has 110 valence electrons. The monoisotopic (exact) mass is 305 g/mol. The van der Waals surface area contributed by atoms with Gasteiger partial charge in [-0.15, -0.1) is 0 Å². The van der Waals surface area contributed by atoms with Crippen LogP contribution in [0.15, 0.2) is 42.5 Å². The second-order valence-corrected chi connectivity index (χ2v) is 5.66. The Morgan fingerprint density at radius 3 is 2.95 bits per heavy atom. The lowest BCUT2D eigenvalue weighted by molar-refractivity contribution is 0.264. The summed E-state index contributed by atoms with van der Waals surface area (Å²) in [6.45, 7) is 2.31. The van der Waals surface area contributed by atoms with Crippen molar-refractivity contribution in [2.24, 2.45) is 0 Å². The lowest BCUT2D eigenvalue weighted by Crippen LogP contribution is -2.25. The van der Waals surface area contributed by atoms with Crippen LogP contribution in [0.3, 0.4) is 0 Å². The second kappa shape index (κ2) is 6.46. The molecular formula is C17H17ClFNO. The maximum absolute atomic E-state index is 13.1. The third kappa shape index (κ3) is 3.36. The number of para-hydroxylation sites is 1. The first-order valence-corrected chi connectivity index (χ1v) is 7.48. The molecule has 1 aliphatic rings. The number of rotatable bonds is 4. The molecule has 0 spiro atoms. The van der Waals surface area contributed by atoms with E-state index >= 15 is 0 Å². The van der Waals surface area contributed by atoms with Crippen molar-refractivity contribution in [3.8, 4) is 5.75 Å². The van der Waals surface area contributed by atoms with Crippen LogP contribution in [0.25, 0.3) is 0 Å². The van der Waals surface area contributed by atoms with E-state index in [1.54, 1.807) is 12.1 Å². The first kappa shape index (κ1) is 14.4. The lowest BCUT2D eigenvalue weighted by Gasteiger charge is -2.26. The van der Waals surface area contributed by atoms with E-state index in [4.69, 9.17) is 16.3 Å². The van der Waals surface area contributed by atoms with Crippen LogP contribution in [-0.2, 0) is 6.54 Å². The van der Waals surface area contributed by atoms with Gasteiger partial charge in [-0.1, -0.05) is 35.9 Å². The van der Waals surface area contributed by atoms with Gasteiger partial charge in [-0.2, -0.15) is 0 Å². The zero-order valence-corrected chi connectivity index (χ0v) is 12.4. The Hall–Kier alpha value is -1.58. The Kier molecular flexibility index (Phi) is 4.42. The van der Waals surface area contributed by atoms with E-state index in [9.17, 15) is 4.39 Å². The van der Waals surface area contributed by atoms with Gasteiger partial charge in [-0.05, 0) is 35.7 Å². The van der Waals surface area contributed by atoms with Crippen LogP contribution >= 0.6 is 11.6 Å². The van der Waals surface area contributed by atoms with E-state index in [-0.39, 0.29) is 10.8 Å². The highest BCUT2D eigenvalue weighted by molar-refractivity contribution is 6.30. The van der Waals surface area contributed by atoms with Crippen LogP contribution in [0.5, 0.6) is 5.75 Å². The summed E-state index contributed by atoms with van der Waals surface area (Å²) in [6.07, 6.45) is 1.01. The number of ether oxygens (including phenoxy) is 1. The molecular weight excluding hydrogens is 289 g/mol. The first-order valence-electron chi connectivity index (χ1n) is 7.10. The topological polar surface area (TPSA) is 21.3 Å². The summed E-state index contributed by atoms with van der Waals surface area (Å²) in [5.41, 5.74) is 2.25. The van der Waals surface area contributed by atoms with Gasteiger partial charge in [0.05, 0.1) is 11.6 Å². The molecule has 0 saturated heterocycles. The van der Waals surface area contributed by atoms with Crippen molar-refractivity contribution < 1.29 is 9.13 Å². The van der Waals surface area contributed by atoms with Gasteiger partial charge in [0, 0.05) is 19.0 Å². The van der Waals surface area contributed by atoms with Gasteiger partial charge in [-0.3, -0.25) is 0 Å². The Morgan fingerprint density at radius 2 is 2.10 bits per heavy atom. The summed E-state index contributed by atoms with van der Waals surface area (Å²) in [5, 5.41) is 3.59. The molecule has 1 heterocycles. The highest BCUT2D eigenvalue weighted by Gasteiger charge is 2.20. The molecule has 0 bridgehead atoms. The average molecular weight is 306 g/mol. The van der Waals surface area contributed by atoms with Gasteiger partial charge in [-0.25, -0.2) is 4.39 Å². The molecule has 0 aliphatic carbocycles. The van der Waals surface area contributed by atoms with Gasteiger partial charge >= 0.3 is 0 Å². The quantitative estimate of drug-likeness (QED) is 0.917. The van der Waals surface area contributed by atoms with Crippen LogP contribution < -0.4 is 10.1 Å². The molecule has 0 radical (unpaired) electrons. The number of nitrogens with one attached hydrogen (secondary N) is 1. The predicted molar refractivity (Wildman–Crippen MR) is 82.4 cm³/mol. The number of benzene rings is 2. The lowest BCUT2D eigenvalue weighted by atomic mass is 9.93. The van der Waals surface area contributed by atoms with Crippen molar-refractivity contribution in [2.75, 3.05) is 13.2 Å². The number of fused-ring (bicyclic) bond motifs is 1. The first-order chi connectivity index (χ1) is 10.2. The standard InChI is InChI=1S/C17H17ClFNO/c18-15-9-12(5-6-16(15)19)10-20-11-13-7-8-21-17-4-2-1-3-14(13)17/h1-6,9,13,20H,7-8,10-11H2. The highest BCUT2D eigenvalue weighted by atomic mass is 35.5. The summed E-state index contributed by atoms with van der Waals surface area (Å²) >= 11 is 5.79. The van der Waals surface area contributed by atoms with E-state index in [0.29, 0.717) is 12.5 Å². The molecule has 1 atom stereocenters. The fraction of sp³-hybridized carbons (Fsp3) is 0.294. The molecule has 2 aromatic carbocycles. The van der Waals surface area contributed by atoms with Crippen molar-refractivity contribution in [3.05, 3.63) is 64.4 Å². The number of halogens is 2. The Labute approximate surface area is 128 Å². The molecule has 0 fully saturated rings. The van der Waals surface area contributed by atoms with Gasteiger partial charge in [0.1, 0.15) is 11.6 Å². The van der Waals surface area contributed by atoms with Crippen LogP contribution in [0, 0.1) is 5.82 Å². The zero-order valence-electron chi connectivity index (χ0n) is 11.6.